The van der Waals surface area contributed by atoms with Crippen LogP contribution in [0, 0.1) is 0 Å². The predicted molar refractivity (Wildman–Crippen MR) is 55.6 cm³/mol. The van der Waals surface area contributed by atoms with Crippen LogP contribution in [0.25, 0.3) is 0 Å². The highest BCUT2D eigenvalue weighted by molar-refractivity contribution is 5.45. The van der Waals surface area contributed by atoms with E-state index in [9.17, 15) is 0 Å². The fourth-order valence-corrected chi connectivity index (χ4v) is 2.46. The molecule has 1 aliphatic carbocycles. The molecule has 0 saturated heterocycles. The number of benzene rings is 1. The van der Waals surface area contributed by atoms with Gasteiger partial charge in [0.05, 0.1) is 7.11 Å². The van der Waals surface area contributed by atoms with E-state index in [1.165, 1.54) is 24.0 Å². The Hall–Kier alpha value is -1.02. The molecular formula is C12H15NO. The Morgan fingerprint density at radius 2 is 2.21 bits per heavy atom. The summed E-state index contributed by atoms with van der Waals surface area (Å²) in [6, 6.07) is 6.48. The molecule has 1 aromatic rings. The normalized spacial score (nSPS) is 21.8. The van der Waals surface area contributed by atoms with Gasteiger partial charge in [0.2, 0.25) is 0 Å². The molecule has 2 nitrogen and oxygen atoms in total. The minimum absolute atomic E-state index is 0.460. The van der Waals surface area contributed by atoms with E-state index < -0.39 is 0 Å². The van der Waals surface area contributed by atoms with Gasteiger partial charge in [-0.25, -0.2) is 0 Å². The van der Waals surface area contributed by atoms with Crippen molar-refractivity contribution in [3.8, 4) is 5.75 Å². The molecule has 0 atom stereocenters. The molecule has 1 aromatic carbocycles. The number of hydrogen-bond acceptors (Lipinski definition) is 2. The lowest BCUT2D eigenvalue weighted by molar-refractivity contribution is 0.411. The smallest absolute Gasteiger partial charge is 0.119 e. The molecule has 1 spiro atoms. The second kappa shape index (κ2) is 2.74. The Bertz CT molecular complexity index is 369. The molecule has 1 fully saturated rings. The van der Waals surface area contributed by atoms with Gasteiger partial charge in [-0.3, -0.25) is 0 Å². The minimum Gasteiger partial charge on any atom is -0.497 e. The molecule has 74 valence electrons. The van der Waals surface area contributed by atoms with Crippen molar-refractivity contribution in [3.63, 3.8) is 0 Å². The van der Waals surface area contributed by atoms with Gasteiger partial charge in [0, 0.05) is 18.5 Å². The maximum absolute atomic E-state index is 5.28. The standard InChI is InChI=1S/C12H15NO/c1-14-10-3-2-9-7-13-8-12(4-5-12)11(9)6-10/h2-3,6,13H,4-5,7-8H2,1H3. The highest BCUT2D eigenvalue weighted by atomic mass is 16.5. The van der Waals surface area contributed by atoms with Crippen LogP contribution in [-0.2, 0) is 12.0 Å². The summed E-state index contributed by atoms with van der Waals surface area (Å²) in [7, 11) is 1.74. The molecule has 2 aliphatic rings. The van der Waals surface area contributed by atoms with Crippen LogP contribution in [0.1, 0.15) is 24.0 Å². The summed E-state index contributed by atoms with van der Waals surface area (Å²) in [5, 5.41) is 3.49. The average molecular weight is 189 g/mol. The first-order valence-corrected chi connectivity index (χ1v) is 5.22. The number of ether oxygens (including phenoxy) is 1. The average Bonchev–Trinajstić information content (AvgIpc) is 2.99. The van der Waals surface area contributed by atoms with Gasteiger partial charge < -0.3 is 10.1 Å². The van der Waals surface area contributed by atoms with Gasteiger partial charge >= 0.3 is 0 Å². The lowest BCUT2D eigenvalue weighted by Crippen LogP contribution is -2.33. The van der Waals surface area contributed by atoms with Crippen LogP contribution in [0.5, 0.6) is 5.75 Å². The number of fused-ring (bicyclic) bond motifs is 2. The SMILES string of the molecule is COc1ccc2c(c1)C1(CC1)CNC2. The van der Waals surface area contributed by atoms with Gasteiger partial charge in [-0.05, 0) is 36.1 Å². The Labute approximate surface area is 84.3 Å². The van der Waals surface area contributed by atoms with E-state index in [0.29, 0.717) is 5.41 Å². The van der Waals surface area contributed by atoms with Crippen molar-refractivity contribution in [2.45, 2.75) is 24.8 Å². The minimum atomic E-state index is 0.460. The first-order valence-electron chi connectivity index (χ1n) is 5.22. The topological polar surface area (TPSA) is 21.3 Å². The molecule has 0 amide bonds. The monoisotopic (exact) mass is 189 g/mol. The fourth-order valence-electron chi connectivity index (χ4n) is 2.46. The van der Waals surface area contributed by atoms with Crippen molar-refractivity contribution in [2.24, 2.45) is 0 Å². The van der Waals surface area contributed by atoms with Gasteiger partial charge in [0.1, 0.15) is 5.75 Å². The van der Waals surface area contributed by atoms with E-state index in [2.05, 4.69) is 23.5 Å². The third-order valence-electron chi connectivity index (χ3n) is 3.52. The zero-order chi connectivity index (χ0) is 9.60. The number of hydrogen-bond donors (Lipinski definition) is 1. The zero-order valence-electron chi connectivity index (χ0n) is 8.47. The van der Waals surface area contributed by atoms with E-state index in [1.807, 2.05) is 0 Å². The molecule has 3 rings (SSSR count). The second-order valence-corrected chi connectivity index (χ2v) is 4.41. The molecular weight excluding hydrogens is 174 g/mol. The fraction of sp³-hybridized carbons (Fsp3) is 0.500. The first kappa shape index (κ1) is 8.30. The van der Waals surface area contributed by atoms with E-state index in [-0.39, 0.29) is 0 Å². The lowest BCUT2D eigenvalue weighted by Gasteiger charge is -2.26. The van der Waals surface area contributed by atoms with Crippen LogP contribution in [0.2, 0.25) is 0 Å². The quantitative estimate of drug-likeness (QED) is 0.727. The van der Waals surface area contributed by atoms with Crippen molar-refractivity contribution in [3.05, 3.63) is 29.3 Å². The highest BCUT2D eigenvalue weighted by Crippen LogP contribution is 2.51. The molecule has 1 N–H and O–H groups in total. The predicted octanol–water partition coefficient (Wildman–Crippen LogP) is 1.83. The molecule has 2 heteroatoms. The van der Waals surface area contributed by atoms with Crippen LogP contribution in [0.4, 0.5) is 0 Å². The van der Waals surface area contributed by atoms with Crippen LogP contribution in [0.15, 0.2) is 18.2 Å². The van der Waals surface area contributed by atoms with Crippen LogP contribution in [0.3, 0.4) is 0 Å². The molecule has 0 radical (unpaired) electrons. The second-order valence-electron chi connectivity index (χ2n) is 4.41. The summed E-state index contributed by atoms with van der Waals surface area (Å²) in [5.41, 5.74) is 3.44. The van der Waals surface area contributed by atoms with Crippen molar-refractivity contribution in [1.82, 2.24) is 5.32 Å². The van der Waals surface area contributed by atoms with Gasteiger partial charge in [0.25, 0.3) is 0 Å². The highest BCUT2D eigenvalue weighted by Gasteiger charge is 2.46. The van der Waals surface area contributed by atoms with Gasteiger partial charge in [-0.2, -0.15) is 0 Å². The number of methoxy groups -OCH3 is 1. The first-order chi connectivity index (χ1) is 6.84. The summed E-state index contributed by atoms with van der Waals surface area (Å²) in [4.78, 5) is 0. The van der Waals surface area contributed by atoms with Crippen LogP contribution in [-0.4, -0.2) is 13.7 Å². The maximum Gasteiger partial charge on any atom is 0.119 e. The van der Waals surface area contributed by atoms with Crippen LogP contribution < -0.4 is 10.1 Å². The zero-order valence-corrected chi connectivity index (χ0v) is 8.47. The van der Waals surface area contributed by atoms with Gasteiger partial charge in [0.15, 0.2) is 0 Å². The molecule has 14 heavy (non-hydrogen) atoms. The van der Waals surface area contributed by atoms with Gasteiger partial charge in [-0.1, -0.05) is 6.07 Å². The van der Waals surface area contributed by atoms with E-state index in [1.54, 1.807) is 7.11 Å². The summed E-state index contributed by atoms with van der Waals surface area (Å²) in [5.74, 6) is 0.997. The maximum atomic E-state index is 5.28. The molecule has 0 bridgehead atoms. The summed E-state index contributed by atoms with van der Waals surface area (Å²) in [6.45, 7) is 2.16. The Morgan fingerprint density at radius 3 is 2.93 bits per heavy atom. The largest absolute Gasteiger partial charge is 0.497 e. The third-order valence-corrected chi connectivity index (χ3v) is 3.52. The molecule has 1 heterocycles. The lowest BCUT2D eigenvalue weighted by atomic mass is 9.88. The van der Waals surface area contributed by atoms with E-state index >= 15 is 0 Å². The molecule has 0 unspecified atom stereocenters. The van der Waals surface area contributed by atoms with Crippen molar-refractivity contribution < 1.29 is 4.74 Å². The number of nitrogens with one attached hydrogen (secondary N) is 1. The third kappa shape index (κ3) is 1.07. The molecule has 1 aliphatic heterocycles. The van der Waals surface area contributed by atoms with Crippen molar-refractivity contribution in [2.75, 3.05) is 13.7 Å². The summed E-state index contributed by atoms with van der Waals surface area (Å²) in [6.07, 6.45) is 2.67. The van der Waals surface area contributed by atoms with E-state index in [4.69, 9.17) is 4.74 Å². The molecule has 0 aromatic heterocycles. The van der Waals surface area contributed by atoms with Gasteiger partial charge in [-0.15, -0.1) is 0 Å². The number of rotatable bonds is 1. The van der Waals surface area contributed by atoms with Crippen molar-refractivity contribution >= 4 is 0 Å². The Kier molecular flexibility index (Phi) is 1.62. The molecule has 1 saturated carbocycles. The van der Waals surface area contributed by atoms with Crippen LogP contribution >= 0.6 is 0 Å². The van der Waals surface area contributed by atoms with Crippen molar-refractivity contribution in [1.29, 1.82) is 0 Å². The Morgan fingerprint density at radius 1 is 1.36 bits per heavy atom. The van der Waals surface area contributed by atoms with E-state index in [0.717, 1.165) is 18.8 Å². The Balaban J connectivity index is 2.10. The summed E-state index contributed by atoms with van der Waals surface area (Å²) >= 11 is 0. The summed E-state index contributed by atoms with van der Waals surface area (Å²) < 4.78 is 5.28.